The first-order valence-corrected chi connectivity index (χ1v) is 13.6. The molecule has 0 aliphatic heterocycles. The molecule has 4 aromatic carbocycles. The summed E-state index contributed by atoms with van der Waals surface area (Å²) >= 11 is 0. The second-order valence-electron chi connectivity index (χ2n) is 9.72. The summed E-state index contributed by atoms with van der Waals surface area (Å²) in [6.07, 6.45) is 2.79. The van der Waals surface area contributed by atoms with E-state index in [0.29, 0.717) is 37.2 Å². The lowest BCUT2D eigenvalue weighted by Crippen LogP contribution is -2.38. The molecule has 0 amide bonds. The molecule has 0 radical (unpaired) electrons. The fraction of sp³-hybridized carbons (Fsp3) is 0.265. The molecular formula is C34H34O5. The number of hydrogen-bond acceptors (Lipinski definition) is 5. The summed E-state index contributed by atoms with van der Waals surface area (Å²) in [6, 6.07) is 31.7. The van der Waals surface area contributed by atoms with E-state index >= 15 is 0 Å². The predicted molar refractivity (Wildman–Crippen MR) is 152 cm³/mol. The molecule has 0 fully saturated rings. The van der Waals surface area contributed by atoms with Crippen molar-refractivity contribution in [2.24, 2.45) is 0 Å². The molecular weight excluding hydrogens is 488 g/mol. The van der Waals surface area contributed by atoms with Gasteiger partial charge in [-0.2, -0.15) is 0 Å². The summed E-state index contributed by atoms with van der Waals surface area (Å²) < 4.78 is 12.8. The van der Waals surface area contributed by atoms with Crippen molar-refractivity contribution in [1.82, 2.24) is 0 Å². The van der Waals surface area contributed by atoms with Gasteiger partial charge in [0.05, 0.1) is 18.6 Å². The minimum Gasteiger partial charge on any atom is -0.493 e. The molecule has 0 heterocycles. The zero-order chi connectivity index (χ0) is 27.1. The van der Waals surface area contributed by atoms with Gasteiger partial charge < -0.3 is 19.7 Å². The topological polar surface area (TPSA) is 76.0 Å². The first kappa shape index (κ1) is 26.7. The number of benzene rings is 4. The fourth-order valence-electron chi connectivity index (χ4n) is 5.63. The molecule has 5 rings (SSSR count). The molecule has 0 spiro atoms. The number of carbonyl (C=O) groups excluding carboxylic acids is 1. The zero-order valence-electron chi connectivity index (χ0n) is 22.0. The van der Waals surface area contributed by atoms with Gasteiger partial charge in [-0.25, -0.2) is 0 Å². The normalized spacial score (nSPS) is 13.4. The number of ketones is 1. The number of rotatable bonds is 12. The number of carbonyl (C=O) groups is 1. The highest BCUT2D eigenvalue weighted by Crippen LogP contribution is 2.55. The van der Waals surface area contributed by atoms with E-state index in [4.69, 9.17) is 9.47 Å². The lowest BCUT2D eigenvalue weighted by atomic mass is 9.59. The molecule has 1 aliphatic carbocycles. The van der Waals surface area contributed by atoms with Crippen molar-refractivity contribution in [3.63, 3.8) is 0 Å². The van der Waals surface area contributed by atoms with Crippen LogP contribution in [0.3, 0.4) is 0 Å². The number of unbranched alkanes of at least 4 members (excludes halogenated alkanes) is 2. The van der Waals surface area contributed by atoms with E-state index in [-0.39, 0.29) is 19.0 Å². The molecule has 1 aliphatic rings. The molecule has 200 valence electrons. The molecule has 0 saturated heterocycles. The van der Waals surface area contributed by atoms with Crippen molar-refractivity contribution in [3.05, 3.63) is 130 Å². The summed E-state index contributed by atoms with van der Waals surface area (Å²) in [7, 11) is 0. The minimum atomic E-state index is -0.887. The highest BCUT2D eigenvalue weighted by Gasteiger charge is 2.49. The van der Waals surface area contributed by atoms with Crippen LogP contribution in [0.4, 0.5) is 0 Å². The number of ether oxygens (including phenoxy) is 2. The maximum absolute atomic E-state index is 13.8. The number of aliphatic hydroxyl groups is 2. The number of fused-ring (bicyclic) bond motifs is 2. The number of hydrogen-bond donors (Lipinski definition) is 2. The van der Waals surface area contributed by atoms with E-state index < -0.39 is 5.41 Å². The summed E-state index contributed by atoms with van der Waals surface area (Å²) in [6.45, 7) is 1.18. The molecule has 5 heteroatoms. The van der Waals surface area contributed by atoms with Crippen LogP contribution in [0.2, 0.25) is 0 Å². The van der Waals surface area contributed by atoms with Gasteiger partial charge in [-0.3, -0.25) is 4.79 Å². The van der Waals surface area contributed by atoms with Gasteiger partial charge in [0.2, 0.25) is 0 Å². The minimum absolute atomic E-state index is 0.000449. The largest absolute Gasteiger partial charge is 0.493 e. The average Bonchev–Trinajstić information content (AvgIpc) is 2.99. The van der Waals surface area contributed by atoms with Gasteiger partial charge in [-0.05, 0) is 48.9 Å². The quantitative estimate of drug-likeness (QED) is 0.199. The van der Waals surface area contributed by atoms with Gasteiger partial charge in [-0.15, -0.1) is 0 Å². The Morgan fingerprint density at radius 3 is 1.33 bits per heavy atom. The zero-order valence-corrected chi connectivity index (χ0v) is 22.0. The third-order valence-electron chi connectivity index (χ3n) is 7.35. The van der Waals surface area contributed by atoms with Gasteiger partial charge in [-0.1, -0.05) is 84.9 Å². The number of aliphatic hydroxyl groups excluding tert-OH is 2. The van der Waals surface area contributed by atoms with E-state index in [1.54, 1.807) is 0 Å². The van der Waals surface area contributed by atoms with Gasteiger partial charge >= 0.3 is 0 Å². The second-order valence-corrected chi connectivity index (χ2v) is 9.72. The van der Waals surface area contributed by atoms with E-state index in [0.717, 1.165) is 46.6 Å². The Balaban J connectivity index is 1.80. The third kappa shape index (κ3) is 4.96. The van der Waals surface area contributed by atoms with Crippen LogP contribution in [0, 0.1) is 0 Å². The average molecular weight is 523 g/mol. The van der Waals surface area contributed by atoms with Crippen LogP contribution in [0.5, 0.6) is 11.5 Å². The van der Waals surface area contributed by atoms with Crippen molar-refractivity contribution in [2.75, 3.05) is 26.4 Å². The van der Waals surface area contributed by atoms with Crippen LogP contribution in [0.15, 0.2) is 97.1 Å². The van der Waals surface area contributed by atoms with Crippen LogP contribution < -0.4 is 9.47 Å². The molecule has 0 unspecified atom stereocenters. The summed E-state index contributed by atoms with van der Waals surface area (Å²) in [5.74, 6) is 1.45. The van der Waals surface area contributed by atoms with Crippen LogP contribution in [0.25, 0.3) is 0 Å². The molecule has 2 N–H and O–H groups in total. The third-order valence-corrected chi connectivity index (χ3v) is 7.35. The summed E-state index contributed by atoms with van der Waals surface area (Å²) in [5.41, 5.74) is 4.03. The molecule has 0 saturated carbocycles. The first-order valence-electron chi connectivity index (χ1n) is 13.6. The maximum Gasteiger partial charge on any atom is 0.193 e. The smallest absolute Gasteiger partial charge is 0.193 e. The van der Waals surface area contributed by atoms with Crippen LogP contribution in [0.1, 0.15) is 63.9 Å². The van der Waals surface area contributed by atoms with E-state index in [1.807, 2.05) is 84.9 Å². The predicted octanol–water partition coefficient (Wildman–Crippen LogP) is 5.92. The Labute approximate surface area is 229 Å². The first-order chi connectivity index (χ1) is 19.2. The summed E-state index contributed by atoms with van der Waals surface area (Å²) in [4.78, 5) is 13.8. The van der Waals surface area contributed by atoms with Gasteiger partial charge in [0, 0.05) is 35.5 Å². The Hall–Kier alpha value is -3.93. The Morgan fingerprint density at radius 1 is 0.513 bits per heavy atom. The Kier molecular flexibility index (Phi) is 8.40. The monoisotopic (exact) mass is 522 g/mol. The van der Waals surface area contributed by atoms with Crippen LogP contribution >= 0.6 is 0 Å². The van der Waals surface area contributed by atoms with Crippen molar-refractivity contribution in [1.29, 1.82) is 0 Å². The van der Waals surface area contributed by atoms with Crippen molar-refractivity contribution < 1.29 is 24.5 Å². The highest BCUT2D eigenvalue weighted by atomic mass is 16.5. The lowest BCUT2D eigenvalue weighted by Gasteiger charge is -2.42. The van der Waals surface area contributed by atoms with Crippen molar-refractivity contribution in [3.8, 4) is 11.5 Å². The lowest BCUT2D eigenvalue weighted by molar-refractivity contribution is 0.103. The highest BCUT2D eigenvalue weighted by molar-refractivity contribution is 6.14. The van der Waals surface area contributed by atoms with E-state index in [2.05, 4.69) is 12.1 Å². The molecule has 0 atom stereocenters. The van der Waals surface area contributed by atoms with Gasteiger partial charge in [0.15, 0.2) is 5.78 Å². The SMILES string of the molecule is O=C1c2ccccc2C(c2ccccc2OCCCCO)(c2ccccc2OCCCCO)c2ccccc21. The van der Waals surface area contributed by atoms with E-state index in [9.17, 15) is 15.0 Å². The maximum atomic E-state index is 13.8. The van der Waals surface area contributed by atoms with Gasteiger partial charge in [0.25, 0.3) is 0 Å². The van der Waals surface area contributed by atoms with Crippen molar-refractivity contribution in [2.45, 2.75) is 31.1 Å². The van der Waals surface area contributed by atoms with Crippen LogP contribution in [-0.2, 0) is 5.41 Å². The molecule has 39 heavy (non-hydrogen) atoms. The van der Waals surface area contributed by atoms with E-state index in [1.165, 1.54) is 0 Å². The second kappa shape index (κ2) is 12.3. The summed E-state index contributed by atoms with van der Waals surface area (Å²) in [5, 5.41) is 18.5. The van der Waals surface area contributed by atoms with Gasteiger partial charge in [0.1, 0.15) is 11.5 Å². The molecule has 4 aromatic rings. The van der Waals surface area contributed by atoms with Crippen LogP contribution in [-0.4, -0.2) is 42.4 Å². The molecule has 5 nitrogen and oxygen atoms in total. The van der Waals surface area contributed by atoms with Crippen molar-refractivity contribution >= 4 is 5.78 Å². The molecule has 0 bridgehead atoms. The number of para-hydroxylation sites is 2. The molecule has 0 aromatic heterocycles. The fourth-order valence-corrected chi connectivity index (χ4v) is 5.63. The Morgan fingerprint density at radius 2 is 0.897 bits per heavy atom. The Bertz CT molecular complexity index is 1320. The standard InChI is InChI=1S/C34H34O5/c35-21-9-11-23-38-31-19-7-5-17-29(31)34(30-18-6-8-20-32(30)39-24-12-10-22-36)27-15-3-1-13-25(27)33(37)26-14-2-4-16-28(26)34/h1-8,13-20,35-36H,9-12,21-24H2.